The predicted molar refractivity (Wildman–Crippen MR) is 73.2 cm³/mol. The molecule has 0 amide bonds. The Morgan fingerprint density at radius 1 is 1.62 bits per heavy atom. The summed E-state index contributed by atoms with van der Waals surface area (Å²) in [7, 11) is 0. The van der Waals surface area contributed by atoms with Gasteiger partial charge in [-0.15, -0.1) is 0 Å². The first-order valence-electron chi connectivity index (χ1n) is 4.32. The lowest BCUT2D eigenvalue weighted by Gasteiger charge is -2.07. The Labute approximate surface area is 112 Å². The third kappa shape index (κ3) is 3.14. The van der Waals surface area contributed by atoms with E-state index >= 15 is 0 Å². The standard InChI is InChI=1S/C10H9BrClN3S/c1-6-8(12)4-3-7(11)9(6)15-10(16-2)14-5-13/h3-4H,1-2H3,(H,14,15). The Balaban J connectivity index is 3.23. The van der Waals surface area contributed by atoms with Gasteiger partial charge in [0.2, 0.25) is 0 Å². The molecular formula is C10H9BrClN3S. The number of thioether (sulfide) groups is 1. The SMILES string of the molecule is CSC(=Nc1c(Br)ccc(Cl)c1C)NC#N. The van der Waals surface area contributed by atoms with Crippen LogP contribution in [0.25, 0.3) is 0 Å². The maximum Gasteiger partial charge on any atom is 0.183 e. The third-order valence-electron chi connectivity index (χ3n) is 1.89. The second-order valence-electron chi connectivity index (χ2n) is 2.86. The van der Waals surface area contributed by atoms with Crippen LogP contribution in [0.1, 0.15) is 5.56 Å². The van der Waals surface area contributed by atoms with Gasteiger partial charge < -0.3 is 0 Å². The van der Waals surface area contributed by atoms with E-state index in [9.17, 15) is 0 Å². The largest absolute Gasteiger partial charge is 0.271 e. The van der Waals surface area contributed by atoms with Crippen molar-refractivity contribution >= 4 is 50.1 Å². The predicted octanol–water partition coefficient (Wildman–Crippen LogP) is 3.83. The number of benzene rings is 1. The normalized spacial score (nSPS) is 11.1. The molecule has 0 radical (unpaired) electrons. The van der Waals surface area contributed by atoms with E-state index in [0.717, 1.165) is 15.7 Å². The van der Waals surface area contributed by atoms with Gasteiger partial charge in [-0.3, -0.25) is 5.32 Å². The highest BCUT2D eigenvalue weighted by atomic mass is 79.9. The summed E-state index contributed by atoms with van der Waals surface area (Å²) in [6, 6.07) is 3.63. The molecule has 0 unspecified atom stereocenters. The van der Waals surface area contributed by atoms with Gasteiger partial charge in [0.25, 0.3) is 0 Å². The molecule has 0 aliphatic carbocycles. The van der Waals surface area contributed by atoms with Crippen LogP contribution in [0, 0.1) is 18.4 Å². The fourth-order valence-corrected chi connectivity index (χ4v) is 2.05. The van der Waals surface area contributed by atoms with Crippen LogP contribution in [0.3, 0.4) is 0 Å². The molecule has 0 saturated carbocycles. The van der Waals surface area contributed by atoms with Crippen molar-refractivity contribution in [1.29, 1.82) is 5.26 Å². The van der Waals surface area contributed by atoms with Crippen molar-refractivity contribution in [2.45, 2.75) is 6.92 Å². The number of hydrogen-bond acceptors (Lipinski definition) is 3. The van der Waals surface area contributed by atoms with Crippen LogP contribution in [0.4, 0.5) is 5.69 Å². The third-order valence-corrected chi connectivity index (χ3v) is 3.51. The molecule has 1 N–H and O–H groups in total. The molecule has 0 heterocycles. The Kier molecular flexibility index (Phi) is 5.13. The number of hydrogen-bond donors (Lipinski definition) is 1. The van der Waals surface area contributed by atoms with Gasteiger partial charge in [-0.1, -0.05) is 23.4 Å². The van der Waals surface area contributed by atoms with E-state index in [1.165, 1.54) is 11.8 Å². The van der Waals surface area contributed by atoms with Gasteiger partial charge in [-0.25, -0.2) is 4.99 Å². The van der Waals surface area contributed by atoms with Gasteiger partial charge in [0, 0.05) is 9.50 Å². The number of nitrogens with one attached hydrogen (secondary N) is 1. The Morgan fingerprint density at radius 2 is 2.31 bits per heavy atom. The van der Waals surface area contributed by atoms with Crippen LogP contribution in [0.5, 0.6) is 0 Å². The number of aliphatic imine (C=N–C) groups is 1. The van der Waals surface area contributed by atoms with Crippen molar-refractivity contribution in [3.05, 3.63) is 27.2 Å². The molecule has 0 aromatic heterocycles. The van der Waals surface area contributed by atoms with Crippen molar-refractivity contribution in [2.24, 2.45) is 4.99 Å². The summed E-state index contributed by atoms with van der Waals surface area (Å²) in [6.45, 7) is 1.89. The zero-order valence-electron chi connectivity index (χ0n) is 8.71. The molecule has 0 aliphatic rings. The fourth-order valence-electron chi connectivity index (χ4n) is 1.05. The molecule has 1 aromatic carbocycles. The Bertz CT molecular complexity index is 468. The zero-order valence-corrected chi connectivity index (χ0v) is 11.9. The van der Waals surface area contributed by atoms with Crippen molar-refractivity contribution < 1.29 is 0 Å². The van der Waals surface area contributed by atoms with E-state index in [1.807, 2.05) is 25.4 Å². The van der Waals surface area contributed by atoms with Gasteiger partial charge in [0.15, 0.2) is 11.4 Å². The number of amidine groups is 1. The summed E-state index contributed by atoms with van der Waals surface area (Å²) in [6.07, 6.45) is 3.69. The first kappa shape index (κ1) is 13.4. The molecule has 0 fully saturated rings. The van der Waals surface area contributed by atoms with Crippen molar-refractivity contribution in [3.63, 3.8) is 0 Å². The van der Waals surface area contributed by atoms with Crippen LogP contribution < -0.4 is 5.32 Å². The molecule has 3 nitrogen and oxygen atoms in total. The van der Waals surface area contributed by atoms with Crippen LogP contribution >= 0.6 is 39.3 Å². The highest BCUT2D eigenvalue weighted by Crippen LogP contribution is 2.34. The number of nitriles is 1. The average Bonchev–Trinajstić information content (AvgIpc) is 2.28. The van der Waals surface area contributed by atoms with E-state index in [1.54, 1.807) is 6.07 Å². The quantitative estimate of drug-likeness (QED) is 0.370. The number of nitrogens with zero attached hydrogens (tertiary/aromatic N) is 2. The molecule has 0 atom stereocenters. The smallest absolute Gasteiger partial charge is 0.183 e. The van der Waals surface area contributed by atoms with Gasteiger partial charge in [0.05, 0.1) is 5.69 Å². The van der Waals surface area contributed by atoms with Gasteiger partial charge in [-0.2, -0.15) is 5.26 Å². The highest BCUT2D eigenvalue weighted by molar-refractivity contribution is 9.10. The van der Waals surface area contributed by atoms with Crippen molar-refractivity contribution in [1.82, 2.24) is 5.32 Å². The maximum atomic E-state index is 8.55. The first-order chi connectivity index (χ1) is 7.60. The minimum Gasteiger partial charge on any atom is -0.271 e. The zero-order chi connectivity index (χ0) is 12.1. The van der Waals surface area contributed by atoms with Crippen LogP contribution in [-0.2, 0) is 0 Å². The monoisotopic (exact) mass is 317 g/mol. The second-order valence-corrected chi connectivity index (χ2v) is 4.92. The summed E-state index contributed by atoms with van der Waals surface area (Å²) in [4.78, 5) is 4.34. The Hall–Kier alpha value is -0.700. The minimum absolute atomic E-state index is 0.536. The molecule has 1 aromatic rings. The molecule has 0 saturated heterocycles. The van der Waals surface area contributed by atoms with E-state index in [4.69, 9.17) is 16.9 Å². The Morgan fingerprint density at radius 3 is 2.88 bits per heavy atom. The van der Waals surface area contributed by atoms with Crippen molar-refractivity contribution in [3.8, 4) is 6.19 Å². The minimum atomic E-state index is 0.536. The molecule has 1 rings (SSSR count). The molecule has 6 heteroatoms. The average molecular weight is 319 g/mol. The number of rotatable bonds is 1. The molecule has 16 heavy (non-hydrogen) atoms. The van der Waals surface area contributed by atoms with E-state index in [-0.39, 0.29) is 0 Å². The fraction of sp³-hybridized carbons (Fsp3) is 0.200. The van der Waals surface area contributed by atoms with E-state index in [0.29, 0.717) is 10.2 Å². The topological polar surface area (TPSA) is 48.2 Å². The summed E-state index contributed by atoms with van der Waals surface area (Å²) >= 11 is 10.8. The van der Waals surface area contributed by atoms with E-state index in [2.05, 4.69) is 26.2 Å². The van der Waals surface area contributed by atoms with Crippen LogP contribution in [0.15, 0.2) is 21.6 Å². The maximum absolute atomic E-state index is 8.55. The summed E-state index contributed by atoms with van der Waals surface area (Å²) in [5.74, 6) is 0. The van der Waals surface area contributed by atoms with Gasteiger partial charge >= 0.3 is 0 Å². The first-order valence-corrected chi connectivity index (χ1v) is 6.72. The van der Waals surface area contributed by atoms with Gasteiger partial charge in [0.1, 0.15) is 0 Å². The molecule has 0 aliphatic heterocycles. The van der Waals surface area contributed by atoms with Gasteiger partial charge in [-0.05, 0) is 46.8 Å². The number of halogens is 2. The molecule has 0 bridgehead atoms. The molecule has 84 valence electrons. The summed E-state index contributed by atoms with van der Waals surface area (Å²) in [5.41, 5.74) is 1.61. The van der Waals surface area contributed by atoms with Crippen molar-refractivity contribution in [2.75, 3.05) is 6.26 Å². The van der Waals surface area contributed by atoms with Crippen LogP contribution in [0.2, 0.25) is 5.02 Å². The summed E-state index contributed by atoms with van der Waals surface area (Å²) in [5, 5.41) is 12.2. The lowest BCUT2D eigenvalue weighted by atomic mass is 10.2. The molecule has 0 spiro atoms. The van der Waals surface area contributed by atoms with E-state index < -0.39 is 0 Å². The molecular weight excluding hydrogens is 310 g/mol. The highest BCUT2D eigenvalue weighted by Gasteiger charge is 2.07. The van der Waals surface area contributed by atoms with Crippen LogP contribution in [-0.4, -0.2) is 11.4 Å². The second kappa shape index (κ2) is 6.14. The lowest BCUT2D eigenvalue weighted by molar-refractivity contribution is 1.27. The summed E-state index contributed by atoms with van der Waals surface area (Å²) < 4.78 is 0.848. The lowest BCUT2D eigenvalue weighted by Crippen LogP contribution is -2.12.